The molecular formula is C34H46N6O7. The van der Waals surface area contributed by atoms with Crippen LogP contribution in [0.1, 0.15) is 41.6 Å². The van der Waals surface area contributed by atoms with Crippen LogP contribution in [0.5, 0.6) is 5.75 Å². The minimum absolute atomic E-state index is 0.00647. The van der Waals surface area contributed by atoms with Gasteiger partial charge in [0.2, 0.25) is 23.6 Å². The predicted octanol–water partition coefficient (Wildman–Crippen LogP) is 0.568. The van der Waals surface area contributed by atoms with Gasteiger partial charge in [0.05, 0.1) is 18.2 Å². The number of benzene rings is 2. The third kappa shape index (κ3) is 10.2. The normalized spacial score (nSPS) is 21.8. The van der Waals surface area contributed by atoms with Crippen molar-refractivity contribution in [1.29, 1.82) is 0 Å². The summed E-state index contributed by atoms with van der Waals surface area (Å²) in [5.41, 5.74) is 6.60. The number of carbonyl (C=O) groups is 5. The molecule has 0 aliphatic carbocycles. The highest BCUT2D eigenvalue weighted by Crippen LogP contribution is 2.21. The maximum Gasteiger partial charge on any atom is 0.255 e. The Hall–Kier alpha value is -4.49. The van der Waals surface area contributed by atoms with Gasteiger partial charge < -0.3 is 35.6 Å². The van der Waals surface area contributed by atoms with Gasteiger partial charge >= 0.3 is 0 Å². The number of para-hydroxylation sites is 1. The van der Waals surface area contributed by atoms with Crippen molar-refractivity contribution in [2.24, 2.45) is 5.73 Å². The van der Waals surface area contributed by atoms with Gasteiger partial charge in [0.1, 0.15) is 24.4 Å². The summed E-state index contributed by atoms with van der Waals surface area (Å²) in [4.78, 5) is 71.7. The first kappa shape index (κ1) is 35.4. The van der Waals surface area contributed by atoms with Gasteiger partial charge in [-0.15, -0.1) is 0 Å². The molecule has 2 aliphatic heterocycles. The van der Waals surface area contributed by atoms with Crippen molar-refractivity contribution in [3.63, 3.8) is 0 Å². The van der Waals surface area contributed by atoms with E-state index in [1.54, 1.807) is 43.3 Å². The molecule has 4 N–H and O–H groups in total. The van der Waals surface area contributed by atoms with Crippen molar-refractivity contribution < 1.29 is 33.4 Å². The summed E-state index contributed by atoms with van der Waals surface area (Å²) >= 11 is 0. The van der Waals surface area contributed by atoms with Gasteiger partial charge in [0.15, 0.2) is 0 Å². The molecule has 0 radical (unpaired) electrons. The molecule has 2 heterocycles. The van der Waals surface area contributed by atoms with E-state index >= 15 is 0 Å². The zero-order valence-electron chi connectivity index (χ0n) is 27.2. The number of carbonyl (C=O) groups excluding carboxylic acids is 5. The van der Waals surface area contributed by atoms with Crippen molar-refractivity contribution in [3.8, 4) is 5.75 Å². The molecule has 3 atom stereocenters. The van der Waals surface area contributed by atoms with Gasteiger partial charge in [-0.25, -0.2) is 0 Å². The summed E-state index contributed by atoms with van der Waals surface area (Å²) < 4.78 is 11.4. The van der Waals surface area contributed by atoms with Crippen molar-refractivity contribution in [3.05, 3.63) is 65.7 Å². The number of piperazine rings is 1. The van der Waals surface area contributed by atoms with E-state index in [1.807, 2.05) is 30.3 Å². The number of nitrogens with zero attached hydrogens (tertiary/aromatic N) is 3. The summed E-state index contributed by atoms with van der Waals surface area (Å²) in [6, 6.07) is 13.8. The fourth-order valence-corrected chi connectivity index (χ4v) is 5.80. The second kappa shape index (κ2) is 17.4. The number of nitrogens with one attached hydrogen (secondary N) is 2. The van der Waals surface area contributed by atoms with Crippen molar-refractivity contribution in [1.82, 2.24) is 25.3 Å². The van der Waals surface area contributed by atoms with Crippen molar-refractivity contribution in [2.75, 3.05) is 60.1 Å². The largest absolute Gasteiger partial charge is 0.491 e. The van der Waals surface area contributed by atoms with Crippen molar-refractivity contribution in [2.45, 2.75) is 50.2 Å². The number of primary amides is 1. The molecular weight excluding hydrogens is 604 g/mol. The van der Waals surface area contributed by atoms with Crippen LogP contribution in [0.15, 0.2) is 54.6 Å². The van der Waals surface area contributed by atoms with Gasteiger partial charge in [0.25, 0.3) is 5.91 Å². The van der Waals surface area contributed by atoms with Crippen LogP contribution in [0.4, 0.5) is 0 Å². The molecule has 1 saturated heterocycles. The number of nitrogens with two attached hydrogens (primary N) is 1. The van der Waals surface area contributed by atoms with Crippen LogP contribution in [0, 0.1) is 0 Å². The van der Waals surface area contributed by atoms with Crippen LogP contribution in [0.25, 0.3) is 0 Å². The lowest BCUT2D eigenvalue weighted by Gasteiger charge is -2.36. The fourth-order valence-electron chi connectivity index (χ4n) is 5.80. The first-order chi connectivity index (χ1) is 22.7. The number of ether oxygens (including phenoxy) is 2. The topological polar surface area (TPSA) is 164 Å². The average molecular weight is 651 g/mol. The molecule has 0 unspecified atom stereocenters. The highest BCUT2D eigenvalue weighted by Gasteiger charge is 2.33. The van der Waals surface area contributed by atoms with E-state index in [4.69, 9.17) is 15.2 Å². The summed E-state index contributed by atoms with van der Waals surface area (Å²) in [5, 5.41) is 5.63. The Morgan fingerprint density at radius 1 is 0.979 bits per heavy atom. The molecule has 13 heteroatoms. The lowest BCUT2D eigenvalue weighted by molar-refractivity contribution is -0.138. The molecule has 2 aromatic rings. The summed E-state index contributed by atoms with van der Waals surface area (Å²) in [7, 11) is 3.28. The number of hydrogen-bond acceptors (Lipinski definition) is 8. The number of rotatable bonds is 9. The minimum Gasteiger partial charge on any atom is -0.491 e. The third-order valence-electron chi connectivity index (χ3n) is 8.64. The van der Waals surface area contributed by atoms with Gasteiger partial charge in [-0.05, 0) is 37.0 Å². The Morgan fingerprint density at radius 3 is 2.38 bits per heavy atom. The molecule has 5 amide bonds. The van der Waals surface area contributed by atoms with Crippen molar-refractivity contribution >= 4 is 29.5 Å². The van der Waals surface area contributed by atoms with E-state index in [0.29, 0.717) is 45.0 Å². The molecule has 0 aromatic heterocycles. The van der Waals surface area contributed by atoms with Gasteiger partial charge in [-0.1, -0.05) is 42.5 Å². The van der Waals surface area contributed by atoms with Crippen LogP contribution >= 0.6 is 0 Å². The molecule has 0 bridgehead atoms. The molecule has 254 valence electrons. The predicted molar refractivity (Wildman–Crippen MR) is 174 cm³/mol. The zero-order chi connectivity index (χ0) is 33.8. The summed E-state index contributed by atoms with van der Waals surface area (Å²) in [6.07, 6.45) is 0.208. The number of amides is 5. The third-order valence-corrected chi connectivity index (χ3v) is 8.64. The Balaban J connectivity index is 1.62. The SMILES string of the molecule is COCCN1CCN(C(=O)[C@@H]2CCC(=O)N[C@@H](CCC(N)=O)C(=O)N(C)[C@H](Cc3ccccc3)COc3ccccc3C(=O)N2)CC1. The second-order valence-electron chi connectivity index (χ2n) is 11.9. The molecule has 4 rings (SSSR count). The quantitative estimate of drug-likeness (QED) is 0.355. The summed E-state index contributed by atoms with van der Waals surface area (Å²) in [6.45, 7) is 3.65. The Morgan fingerprint density at radius 2 is 1.68 bits per heavy atom. The molecule has 13 nitrogen and oxygen atoms in total. The van der Waals surface area contributed by atoms with Crippen LogP contribution in [-0.4, -0.2) is 122 Å². The Labute approximate surface area is 275 Å². The lowest BCUT2D eigenvalue weighted by atomic mass is 10.0. The molecule has 0 saturated carbocycles. The van der Waals surface area contributed by atoms with Gasteiger partial charge in [-0.3, -0.25) is 28.9 Å². The maximum absolute atomic E-state index is 13.9. The summed E-state index contributed by atoms with van der Waals surface area (Å²) in [5.74, 6) is -1.97. The van der Waals surface area contributed by atoms with E-state index in [-0.39, 0.29) is 43.8 Å². The smallest absolute Gasteiger partial charge is 0.255 e. The zero-order valence-corrected chi connectivity index (χ0v) is 27.2. The highest BCUT2D eigenvalue weighted by molar-refractivity contribution is 6.00. The monoisotopic (exact) mass is 650 g/mol. The molecule has 2 aromatic carbocycles. The maximum atomic E-state index is 13.9. The van der Waals surface area contributed by atoms with Crippen LogP contribution in [0.3, 0.4) is 0 Å². The van der Waals surface area contributed by atoms with E-state index in [1.165, 1.54) is 4.90 Å². The standard InChI is InChI=1S/C34H46N6O7/c1-38-25(22-24-8-4-3-5-9-24)23-47-29-11-7-6-10-26(29)32(43)37-28(34(45)40-18-16-39(17-19-40)20-21-46-2)13-15-31(42)36-27(33(38)44)12-14-30(35)41/h3-11,25,27-28H,12-23H2,1-2H3,(H2,35,41)(H,36,42)(H,37,43)/t25-,27+,28+/m1/s1. The molecule has 1 fully saturated rings. The number of likely N-dealkylation sites (N-methyl/N-ethyl adjacent to an activating group) is 1. The van der Waals surface area contributed by atoms with E-state index in [2.05, 4.69) is 15.5 Å². The van der Waals surface area contributed by atoms with E-state index in [0.717, 1.165) is 12.1 Å². The van der Waals surface area contributed by atoms with Crippen LogP contribution < -0.4 is 21.1 Å². The first-order valence-electron chi connectivity index (χ1n) is 16.1. The van der Waals surface area contributed by atoms with Crippen LogP contribution in [0.2, 0.25) is 0 Å². The molecule has 0 spiro atoms. The first-order valence-corrected chi connectivity index (χ1v) is 16.1. The number of methoxy groups -OCH3 is 1. The average Bonchev–Trinajstić information content (AvgIpc) is 3.08. The number of fused-ring (bicyclic) bond motifs is 1. The second-order valence-corrected chi connectivity index (χ2v) is 11.9. The van der Waals surface area contributed by atoms with E-state index < -0.39 is 41.8 Å². The molecule has 47 heavy (non-hydrogen) atoms. The Bertz CT molecular complexity index is 1380. The lowest BCUT2D eigenvalue weighted by Crippen LogP contribution is -2.55. The van der Waals surface area contributed by atoms with Crippen LogP contribution in [-0.2, 0) is 30.3 Å². The highest BCUT2D eigenvalue weighted by atomic mass is 16.5. The van der Waals surface area contributed by atoms with E-state index in [9.17, 15) is 24.0 Å². The minimum atomic E-state index is -1.03. The van der Waals surface area contributed by atoms with Gasteiger partial charge in [0, 0.05) is 59.7 Å². The fraction of sp³-hybridized carbons (Fsp3) is 0.500. The molecule has 2 aliphatic rings. The Kier molecular flexibility index (Phi) is 13.1. The number of hydrogen-bond donors (Lipinski definition) is 3. The van der Waals surface area contributed by atoms with Gasteiger partial charge in [-0.2, -0.15) is 0 Å².